The van der Waals surface area contributed by atoms with Gasteiger partial charge in [0.05, 0.1) is 13.2 Å². The molecule has 2 aromatic rings. The maximum absolute atomic E-state index is 6.00. The molecule has 0 saturated heterocycles. The summed E-state index contributed by atoms with van der Waals surface area (Å²) in [5.41, 5.74) is 1.32. The molecule has 118 valence electrons. The summed E-state index contributed by atoms with van der Waals surface area (Å²) in [7, 11) is 0. The Morgan fingerprint density at radius 1 is 0.909 bits per heavy atom. The SMILES string of the molecule is CCOc1ccc(OCC)c(S)c1.Cc1ccccc1.N#N. The van der Waals surface area contributed by atoms with Gasteiger partial charge in [-0.3, -0.25) is 0 Å². The number of aryl methyl sites for hydroxylation is 1. The van der Waals surface area contributed by atoms with Crippen molar-refractivity contribution in [3.63, 3.8) is 0 Å². The lowest BCUT2D eigenvalue weighted by molar-refractivity contribution is 0.323. The highest BCUT2D eigenvalue weighted by molar-refractivity contribution is 7.80. The van der Waals surface area contributed by atoms with Crippen molar-refractivity contribution in [3.8, 4) is 11.5 Å². The number of rotatable bonds is 4. The molecule has 5 heteroatoms. The summed E-state index contributed by atoms with van der Waals surface area (Å²) in [5.74, 6) is 1.63. The number of ether oxygens (including phenoxy) is 2. The van der Waals surface area contributed by atoms with Crippen LogP contribution in [0.1, 0.15) is 19.4 Å². The summed E-state index contributed by atoms with van der Waals surface area (Å²) < 4.78 is 10.7. The van der Waals surface area contributed by atoms with Crippen LogP contribution in [0.3, 0.4) is 0 Å². The van der Waals surface area contributed by atoms with Crippen LogP contribution in [0.2, 0.25) is 0 Å². The van der Waals surface area contributed by atoms with Gasteiger partial charge in [0, 0.05) is 15.7 Å². The molecule has 0 radical (unpaired) electrons. The van der Waals surface area contributed by atoms with Crippen LogP contribution in [0.4, 0.5) is 0 Å². The Morgan fingerprint density at radius 3 is 1.91 bits per heavy atom. The van der Waals surface area contributed by atoms with Gasteiger partial charge in [0.2, 0.25) is 0 Å². The first-order valence-electron chi connectivity index (χ1n) is 6.97. The second kappa shape index (κ2) is 12.5. The van der Waals surface area contributed by atoms with Gasteiger partial charge < -0.3 is 9.47 Å². The monoisotopic (exact) mass is 318 g/mol. The normalized spacial score (nSPS) is 8.64. The minimum Gasteiger partial charge on any atom is -0.494 e. The van der Waals surface area contributed by atoms with E-state index in [1.165, 1.54) is 5.56 Å². The fraction of sp³-hybridized carbons (Fsp3) is 0.294. The molecule has 0 heterocycles. The van der Waals surface area contributed by atoms with E-state index in [2.05, 4.69) is 31.7 Å². The fourth-order valence-electron chi connectivity index (χ4n) is 1.57. The summed E-state index contributed by atoms with van der Waals surface area (Å²) in [6.07, 6.45) is 0. The van der Waals surface area contributed by atoms with Gasteiger partial charge in [0.15, 0.2) is 0 Å². The molecule has 2 rings (SSSR count). The lowest BCUT2D eigenvalue weighted by Gasteiger charge is -2.08. The molecule has 2 aromatic carbocycles. The number of nitrogens with zero attached hydrogens (tertiary/aromatic N) is 2. The molecule has 0 N–H and O–H groups in total. The molecule has 0 aromatic heterocycles. The van der Waals surface area contributed by atoms with E-state index in [4.69, 9.17) is 20.3 Å². The average Bonchev–Trinajstić information content (AvgIpc) is 2.54. The maximum atomic E-state index is 6.00. The van der Waals surface area contributed by atoms with Gasteiger partial charge in [-0.25, -0.2) is 0 Å². The summed E-state index contributed by atoms with van der Waals surface area (Å²) >= 11 is 4.29. The van der Waals surface area contributed by atoms with E-state index in [0.717, 1.165) is 16.4 Å². The van der Waals surface area contributed by atoms with Crippen LogP contribution < -0.4 is 9.47 Å². The Morgan fingerprint density at radius 2 is 1.50 bits per heavy atom. The zero-order valence-corrected chi connectivity index (χ0v) is 14.1. The first-order valence-corrected chi connectivity index (χ1v) is 7.42. The molecule has 0 aliphatic carbocycles. The first-order chi connectivity index (χ1) is 10.7. The van der Waals surface area contributed by atoms with Crippen molar-refractivity contribution in [1.29, 1.82) is 10.8 Å². The lowest BCUT2D eigenvalue weighted by atomic mass is 10.2. The van der Waals surface area contributed by atoms with E-state index in [1.807, 2.05) is 50.2 Å². The van der Waals surface area contributed by atoms with E-state index in [-0.39, 0.29) is 0 Å². The van der Waals surface area contributed by atoms with Crippen LogP contribution in [-0.2, 0) is 0 Å². The Labute approximate surface area is 137 Å². The van der Waals surface area contributed by atoms with Crippen molar-refractivity contribution in [2.45, 2.75) is 25.7 Å². The van der Waals surface area contributed by atoms with Gasteiger partial charge in [-0.05, 0) is 39.0 Å². The average molecular weight is 318 g/mol. The third kappa shape index (κ3) is 8.18. The van der Waals surface area contributed by atoms with Crippen LogP contribution >= 0.6 is 12.6 Å². The van der Waals surface area contributed by atoms with Crippen LogP contribution in [0.25, 0.3) is 0 Å². The van der Waals surface area contributed by atoms with Crippen molar-refractivity contribution in [2.24, 2.45) is 0 Å². The van der Waals surface area contributed by atoms with Crippen LogP contribution in [0, 0.1) is 17.7 Å². The maximum Gasteiger partial charge on any atom is 0.132 e. The van der Waals surface area contributed by atoms with Crippen molar-refractivity contribution in [2.75, 3.05) is 13.2 Å². The molecule has 4 nitrogen and oxygen atoms in total. The van der Waals surface area contributed by atoms with Crippen LogP contribution in [0.5, 0.6) is 11.5 Å². The zero-order chi connectivity index (χ0) is 16.8. The summed E-state index contributed by atoms with van der Waals surface area (Å²) in [5, 5.41) is 12.0. The molecular formula is C17H22N2O2S. The zero-order valence-electron chi connectivity index (χ0n) is 13.2. The minimum absolute atomic E-state index is 0.654. The Bertz CT molecular complexity index is 545. The van der Waals surface area contributed by atoms with Gasteiger partial charge in [0.25, 0.3) is 0 Å². The van der Waals surface area contributed by atoms with Crippen molar-refractivity contribution in [1.82, 2.24) is 0 Å². The highest BCUT2D eigenvalue weighted by Crippen LogP contribution is 2.27. The highest BCUT2D eigenvalue weighted by atomic mass is 32.1. The summed E-state index contributed by atoms with van der Waals surface area (Å²) in [6, 6.07) is 15.9. The third-order valence-electron chi connectivity index (χ3n) is 2.48. The fourth-order valence-corrected chi connectivity index (χ4v) is 1.83. The molecule has 0 aliphatic heterocycles. The van der Waals surface area contributed by atoms with E-state index < -0.39 is 0 Å². The molecule has 0 spiro atoms. The van der Waals surface area contributed by atoms with Crippen LogP contribution in [0.15, 0.2) is 53.4 Å². The molecule has 0 unspecified atom stereocenters. The summed E-state index contributed by atoms with van der Waals surface area (Å²) in [4.78, 5) is 0.813. The predicted octanol–water partition coefficient (Wildman–Crippen LogP) is 4.80. The number of thiol groups is 1. The molecule has 0 fully saturated rings. The van der Waals surface area contributed by atoms with E-state index in [9.17, 15) is 0 Å². The quantitative estimate of drug-likeness (QED) is 0.649. The largest absolute Gasteiger partial charge is 0.494 e. The van der Waals surface area contributed by atoms with E-state index in [1.54, 1.807) is 0 Å². The second-order valence-electron chi connectivity index (χ2n) is 4.15. The number of hydrogen-bond acceptors (Lipinski definition) is 5. The van der Waals surface area contributed by atoms with Crippen molar-refractivity contribution >= 4 is 12.6 Å². The Kier molecular flexibility index (Phi) is 11.3. The number of hydrogen-bond donors (Lipinski definition) is 1. The topological polar surface area (TPSA) is 66.0 Å². The van der Waals surface area contributed by atoms with E-state index >= 15 is 0 Å². The second-order valence-corrected chi connectivity index (χ2v) is 4.63. The molecule has 0 atom stereocenters. The minimum atomic E-state index is 0.654. The van der Waals surface area contributed by atoms with Gasteiger partial charge in [0.1, 0.15) is 11.5 Å². The molecule has 0 bridgehead atoms. The van der Waals surface area contributed by atoms with Gasteiger partial charge in [-0.1, -0.05) is 35.9 Å². The van der Waals surface area contributed by atoms with Crippen LogP contribution in [-0.4, -0.2) is 13.2 Å². The third-order valence-corrected chi connectivity index (χ3v) is 2.83. The molecule has 0 aliphatic rings. The standard InChI is InChI=1S/C10H14O2S.C7H8.N2/c1-3-11-8-5-6-9(12-4-2)10(13)7-8;1-7-5-3-2-4-6-7;1-2/h5-7,13H,3-4H2,1-2H3;2-6H,1H3;. The molecule has 0 saturated carbocycles. The summed E-state index contributed by atoms with van der Waals surface area (Å²) in [6.45, 7) is 7.31. The first kappa shape index (κ1) is 19.8. The van der Waals surface area contributed by atoms with Crippen molar-refractivity contribution < 1.29 is 9.47 Å². The molecule has 22 heavy (non-hydrogen) atoms. The van der Waals surface area contributed by atoms with Gasteiger partial charge >= 0.3 is 0 Å². The number of benzene rings is 2. The highest BCUT2D eigenvalue weighted by Gasteiger charge is 2.00. The Hall–Kier alpha value is -2.19. The molecule has 0 amide bonds. The molecular weight excluding hydrogens is 296 g/mol. The lowest BCUT2D eigenvalue weighted by Crippen LogP contribution is -1.94. The smallest absolute Gasteiger partial charge is 0.132 e. The Balaban J connectivity index is 0.000000412. The van der Waals surface area contributed by atoms with Gasteiger partial charge in [-0.2, -0.15) is 0 Å². The van der Waals surface area contributed by atoms with Gasteiger partial charge in [-0.15, -0.1) is 12.6 Å². The predicted molar refractivity (Wildman–Crippen MR) is 90.7 cm³/mol. The van der Waals surface area contributed by atoms with E-state index in [0.29, 0.717) is 13.2 Å². The van der Waals surface area contributed by atoms with Crippen molar-refractivity contribution in [3.05, 3.63) is 54.1 Å².